The lowest BCUT2D eigenvalue weighted by molar-refractivity contribution is -0.274. The molecule has 0 spiro atoms. The van der Waals surface area contributed by atoms with E-state index in [9.17, 15) is 22.8 Å². The topological polar surface area (TPSA) is 113 Å². The van der Waals surface area contributed by atoms with Crippen molar-refractivity contribution in [3.05, 3.63) is 60.7 Å². The molecule has 13 heteroatoms. The van der Waals surface area contributed by atoms with Crippen LogP contribution in [0.5, 0.6) is 5.75 Å². The van der Waals surface area contributed by atoms with Gasteiger partial charge in [-0.15, -0.1) is 13.2 Å². The predicted octanol–water partition coefficient (Wildman–Crippen LogP) is 2.88. The molecule has 2 aromatic heterocycles. The second kappa shape index (κ2) is 11.3. The summed E-state index contributed by atoms with van der Waals surface area (Å²) in [7, 11) is 1.97. The Morgan fingerprint density at radius 2 is 1.81 bits per heavy atom. The van der Waals surface area contributed by atoms with Gasteiger partial charge in [-0.25, -0.2) is 4.98 Å². The Kier molecular flexibility index (Phi) is 7.94. The summed E-state index contributed by atoms with van der Waals surface area (Å²) >= 11 is 0. The SMILES string of the molecule is CN1CCN(CC(=O)Nc2cc(C(=O)Nc3cnc(-c4cccnc4)cn3)ccc2OC(F)(F)F)CC1. The average Bonchev–Trinajstić information content (AvgIpc) is 2.86. The number of benzene rings is 1. The van der Waals surface area contributed by atoms with Crippen LogP contribution >= 0.6 is 0 Å². The van der Waals surface area contributed by atoms with Crippen molar-refractivity contribution in [2.75, 3.05) is 50.4 Å². The van der Waals surface area contributed by atoms with Gasteiger partial charge in [-0.1, -0.05) is 0 Å². The Labute approximate surface area is 210 Å². The molecule has 194 valence electrons. The van der Waals surface area contributed by atoms with Crippen LogP contribution in [0.4, 0.5) is 24.7 Å². The Morgan fingerprint density at radius 3 is 2.46 bits per heavy atom. The van der Waals surface area contributed by atoms with Crippen LogP contribution in [-0.4, -0.2) is 82.7 Å². The van der Waals surface area contributed by atoms with Crippen LogP contribution in [0.1, 0.15) is 10.4 Å². The molecule has 0 atom stereocenters. The number of rotatable bonds is 7. The molecule has 1 aromatic carbocycles. The number of alkyl halides is 3. The number of carbonyl (C=O) groups excluding carboxylic acids is 2. The molecule has 3 heterocycles. The third-order valence-corrected chi connectivity index (χ3v) is 5.56. The van der Waals surface area contributed by atoms with Gasteiger partial charge >= 0.3 is 6.36 Å². The molecule has 0 saturated carbocycles. The normalized spacial score (nSPS) is 14.7. The number of nitrogens with one attached hydrogen (secondary N) is 2. The molecule has 37 heavy (non-hydrogen) atoms. The van der Waals surface area contributed by atoms with Gasteiger partial charge in [0.05, 0.1) is 30.3 Å². The number of hydrogen-bond donors (Lipinski definition) is 2. The second-order valence-electron chi connectivity index (χ2n) is 8.37. The van der Waals surface area contributed by atoms with Crippen LogP contribution in [0.2, 0.25) is 0 Å². The molecule has 0 radical (unpaired) electrons. The van der Waals surface area contributed by atoms with E-state index in [4.69, 9.17) is 0 Å². The molecule has 1 fully saturated rings. The van der Waals surface area contributed by atoms with E-state index in [2.05, 4.69) is 35.2 Å². The number of pyridine rings is 1. The standard InChI is InChI=1S/C24H24F3N7O3/c1-33-7-9-34(10-8-33)15-22(35)31-18-11-16(4-5-20(18)37-24(25,26)27)23(36)32-21-14-29-19(13-30-21)17-3-2-6-28-12-17/h2-6,11-14H,7-10,15H2,1H3,(H,31,35)(H,30,32,36). The van der Waals surface area contributed by atoms with Gasteiger partial charge in [-0.2, -0.15) is 0 Å². The first-order chi connectivity index (χ1) is 17.7. The van der Waals surface area contributed by atoms with Gasteiger partial charge in [0.1, 0.15) is 0 Å². The fraction of sp³-hybridized carbons (Fsp3) is 0.292. The lowest BCUT2D eigenvalue weighted by Gasteiger charge is -2.31. The predicted molar refractivity (Wildman–Crippen MR) is 129 cm³/mol. The van der Waals surface area contributed by atoms with Crippen molar-refractivity contribution in [2.24, 2.45) is 0 Å². The number of ether oxygens (including phenoxy) is 1. The number of aromatic nitrogens is 3. The van der Waals surface area contributed by atoms with E-state index in [1.807, 2.05) is 11.9 Å². The molecule has 0 bridgehead atoms. The van der Waals surface area contributed by atoms with Gasteiger partial charge in [0.2, 0.25) is 5.91 Å². The lowest BCUT2D eigenvalue weighted by atomic mass is 10.1. The van der Waals surface area contributed by atoms with E-state index in [1.165, 1.54) is 12.4 Å². The molecule has 10 nitrogen and oxygen atoms in total. The monoisotopic (exact) mass is 515 g/mol. The van der Waals surface area contributed by atoms with Crippen molar-refractivity contribution in [3.63, 3.8) is 0 Å². The Balaban J connectivity index is 1.47. The smallest absolute Gasteiger partial charge is 0.404 e. The number of likely N-dealkylation sites (N-methyl/N-ethyl adjacent to an activating group) is 1. The molecule has 1 saturated heterocycles. The first kappa shape index (κ1) is 26.0. The zero-order valence-corrected chi connectivity index (χ0v) is 19.8. The van der Waals surface area contributed by atoms with Crippen molar-refractivity contribution in [3.8, 4) is 17.0 Å². The molecule has 2 N–H and O–H groups in total. The molecule has 1 aliphatic rings. The van der Waals surface area contributed by atoms with Gasteiger partial charge in [-0.05, 0) is 37.4 Å². The average molecular weight is 515 g/mol. The van der Waals surface area contributed by atoms with Crippen molar-refractivity contribution >= 4 is 23.3 Å². The van der Waals surface area contributed by atoms with E-state index < -0.39 is 23.9 Å². The minimum absolute atomic E-state index is 0.00536. The summed E-state index contributed by atoms with van der Waals surface area (Å²) in [6.07, 6.45) is 1.06. The van der Waals surface area contributed by atoms with Crippen LogP contribution in [0.3, 0.4) is 0 Å². The van der Waals surface area contributed by atoms with E-state index in [1.54, 1.807) is 24.5 Å². The summed E-state index contributed by atoms with van der Waals surface area (Å²) in [4.78, 5) is 41.8. The first-order valence-electron chi connectivity index (χ1n) is 11.3. The quantitative estimate of drug-likeness (QED) is 0.494. The van der Waals surface area contributed by atoms with Gasteiger partial charge in [0, 0.05) is 49.7 Å². The van der Waals surface area contributed by atoms with Crippen molar-refractivity contribution < 1.29 is 27.5 Å². The summed E-state index contributed by atoms with van der Waals surface area (Å²) in [6.45, 7) is 2.85. The molecule has 1 aliphatic heterocycles. The number of halogens is 3. The highest BCUT2D eigenvalue weighted by Crippen LogP contribution is 2.31. The van der Waals surface area contributed by atoms with E-state index in [-0.39, 0.29) is 23.6 Å². The number of piperazine rings is 1. The van der Waals surface area contributed by atoms with Gasteiger partial charge < -0.3 is 20.3 Å². The van der Waals surface area contributed by atoms with Crippen molar-refractivity contribution in [2.45, 2.75) is 6.36 Å². The number of nitrogens with zero attached hydrogens (tertiary/aromatic N) is 5. The summed E-state index contributed by atoms with van der Waals surface area (Å²) < 4.78 is 42.8. The van der Waals surface area contributed by atoms with Crippen LogP contribution in [0, 0.1) is 0 Å². The van der Waals surface area contributed by atoms with Crippen molar-refractivity contribution in [1.29, 1.82) is 0 Å². The molecule has 4 rings (SSSR count). The largest absolute Gasteiger partial charge is 0.573 e. The number of carbonyl (C=O) groups is 2. The van der Waals surface area contributed by atoms with Crippen LogP contribution in [0.15, 0.2) is 55.1 Å². The van der Waals surface area contributed by atoms with E-state index in [0.717, 1.165) is 36.9 Å². The fourth-order valence-electron chi connectivity index (χ4n) is 3.63. The van der Waals surface area contributed by atoms with Crippen LogP contribution in [-0.2, 0) is 4.79 Å². The van der Waals surface area contributed by atoms with Gasteiger partial charge in [0.15, 0.2) is 11.6 Å². The third-order valence-electron chi connectivity index (χ3n) is 5.56. The van der Waals surface area contributed by atoms with E-state index in [0.29, 0.717) is 18.8 Å². The molecule has 0 unspecified atom stereocenters. The summed E-state index contributed by atoms with van der Waals surface area (Å²) in [5.74, 6) is -1.67. The molecular weight excluding hydrogens is 491 g/mol. The van der Waals surface area contributed by atoms with Gasteiger partial charge in [-0.3, -0.25) is 24.5 Å². The van der Waals surface area contributed by atoms with E-state index >= 15 is 0 Å². The fourth-order valence-corrected chi connectivity index (χ4v) is 3.63. The van der Waals surface area contributed by atoms with Gasteiger partial charge in [0.25, 0.3) is 5.91 Å². The molecular formula is C24H24F3N7O3. The highest BCUT2D eigenvalue weighted by Gasteiger charge is 2.32. The second-order valence-corrected chi connectivity index (χ2v) is 8.37. The maximum Gasteiger partial charge on any atom is 0.573 e. The highest BCUT2D eigenvalue weighted by atomic mass is 19.4. The minimum atomic E-state index is -4.98. The number of hydrogen-bond acceptors (Lipinski definition) is 8. The maximum absolute atomic E-state index is 12.9. The Hall–Kier alpha value is -4.10. The zero-order chi connectivity index (χ0) is 26.4. The summed E-state index contributed by atoms with van der Waals surface area (Å²) in [5, 5.41) is 4.98. The Bertz CT molecular complexity index is 1230. The maximum atomic E-state index is 12.9. The Morgan fingerprint density at radius 1 is 1.03 bits per heavy atom. The third kappa shape index (κ3) is 7.44. The van der Waals surface area contributed by atoms with Crippen LogP contribution in [0.25, 0.3) is 11.3 Å². The van der Waals surface area contributed by atoms with Crippen LogP contribution < -0.4 is 15.4 Å². The minimum Gasteiger partial charge on any atom is -0.404 e. The summed E-state index contributed by atoms with van der Waals surface area (Å²) in [6, 6.07) is 6.81. The highest BCUT2D eigenvalue weighted by molar-refractivity contribution is 6.05. The molecule has 2 amide bonds. The number of anilines is 2. The summed E-state index contributed by atoms with van der Waals surface area (Å²) in [5.41, 5.74) is 1.000. The molecule has 0 aliphatic carbocycles. The lowest BCUT2D eigenvalue weighted by Crippen LogP contribution is -2.47. The first-order valence-corrected chi connectivity index (χ1v) is 11.3. The van der Waals surface area contributed by atoms with Crippen molar-refractivity contribution in [1.82, 2.24) is 24.8 Å². The molecule has 3 aromatic rings. The zero-order valence-electron chi connectivity index (χ0n) is 19.8. The number of amides is 2.